The Balaban J connectivity index is 4.87. The predicted molar refractivity (Wildman–Crippen MR) is 93.4 cm³/mol. The third kappa shape index (κ3) is 9.47. The number of hydrogen-bond acceptors (Lipinski definition) is 7. The Bertz CT molecular complexity index is 636. The van der Waals surface area contributed by atoms with Gasteiger partial charge in [-0.05, 0) is 5.92 Å². The van der Waals surface area contributed by atoms with Crippen molar-refractivity contribution in [3.05, 3.63) is 0 Å². The molecule has 9 N–H and O–H groups in total. The van der Waals surface area contributed by atoms with Crippen molar-refractivity contribution in [3.63, 3.8) is 0 Å². The minimum absolute atomic E-state index is 0.245. The Morgan fingerprint density at radius 3 is 1.89 bits per heavy atom. The molecule has 0 fully saturated rings. The first-order chi connectivity index (χ1) is 12.8. The van der Waals surface area contributed by atoms with Crippen LogP contribution in [0.2, 0.25) is 0 Å². The zero-order valence-corrected chi connectivity index (χ0v) is 15.4. The fourth-order valence-electron chi connectivity index (χ4n) is 1.89. The molecule has 0 rings (SSSR count). The van der Waals surface area contributed by atoms with Gasteiger partial charge < -0.3 is 37.6 Å². The van der Waals surface area contributed by atoms with Crippen molar-refractivity contribution in [3.8, 4) is 0 Å². The van der Waals surface area contributed by atoms with Crippen molar-refractivity contribution in [1.29, 1.82) is 0 Å². The summed E-state index contributed by atoms with van der Waals surface area (Å²) in [5, 5.41) is 23.8. The molecule has 13 heteroatoms. The van der Waals surface area contributed by atoms with Crippen LogP contribution in [0.3, 0.4) is 0 Å². The van der Waals surface area contributed by atoms with Crippen LogP contribution in [-0.4, -0.2) is 70.5 Å². The lowest BCUT2D eigenvalue weighted by molar-refractivity contribution is -0.147. The number of primary amides is 1. The van der Waals surface area contributed by atoms with Crippen molar-refractivity contribution in [2.45, 2.75) is 44.8 Å². The Morgan fingerprint density at radius 2 is 1.46 bits per heavy atom. The molecule has 0 aromatic rings. The first kappa shape index (κ1) is 24.8. The topological polar surface area (TPSA) is 231 Å². The highest BCUT2D eigenvalue weighted by molar-refractivity contribution is 5.95. The van der Waals surface area contributed by atoms with E-state index in [1.165, 1.54) is 0 Å². The zero-order valence-electron chi connectivity index (χ0n) is 15.4. The number of aliphatic carboxylic acids is 2. The Labute approximate surface area is 160 Å². The number of nitrogens with two attached hydrogens (primary N) is 2. The van der Waals surface area contributed by atoms with Gasteiger partial charge in [0.05, 0.1) is 25.4 Å². The second kappa shape index (κ2) is 11.5. The quantitative estimate of drug-likeness (QED) is 0.171. The molecule has 0 saturated carbocycles. The van der Waals surface area contributed by atoms with Gasteiger partial charge in [0.15, 0.2) is 0 Å². The summed E-state index contributed by atoms with van der Waals surface area (Å²) in [6.07, 6.45) is -1.41. The van der Waals surface area contributed by atoms with Gasteiger partial charge in [-0.25, -0.2) is 4.79 Å². The second-order valence-electron chi connectivity index (χ2n) is 6.28. The molecule has 3 atom stereocenters. The van der Waals surface area contributed by atoms with E-state index in [-0.39, 0.29) is 5.92 Å². The van der Waals surface area contributed by atoms with Crippen LogP contribution >= 0.6 is 0 Å². The minimum Gasteiger partial charge on any atom is -0.481 e. The standard InChI is InChI=1S/C15H25N5O8/c1-6(2)12(17)14(26)20-7(3-9(16)21)13(25)18-5-10(22)19-8(15(27)28)4-11(23)24/h6-8,12H,3-5,17H2,1-2H3,(H2,16,21)(H,18,25)(H,19,22)(H,20,26)(H,23,24)(H,27,28)/t7-,8-,12-/m0/s1. The van der Waals surface area contributed by atoms with Crippen molar-refractivity contribution >= 4 is 35.6 Å². The highest BCUT2D eigenvalue weighted by Gasteiger charge is 2.28. The second-order valence-corrected chi connectivity index (χ2v) is 6.28. The number of rotatable bonds is 12. The SMILES string of the molecule is CC(C)[C@H](N)C(=O)N[C@@H](CC(N)=O)C(=O)NCC(=O)N[C@@H](CC(=O)O)C(=O)O. The van der Waals surface area contributed by atoms with Crippen molar-refractivity contribution < 1.29 is 39.0 Å². The Kier molecular flexibility index (Phi) is 10.2. The number of carbonyl (C=O) groups is 6. The van der Waals surface area contributed by atoms with Crippen LogP contribution in [0.25, 0.3) is 0 Å². The molecular weight excluding hydrogens is 378 g/mol. The van der Waals surface area contributed by atoms with Crippen LogP contribution in [0.1, 0.15) is 26.7 Å². The van der Waals surface area contributed by atoms with E-state index in [1.807, 2.05) is 5.32 Å². The molecule has 0 aromatic carbocycles. The summed E-state index contributed by atoms with van der Waals surface area (Å²) in [7, 11) is 0. The van der Waals surface area contributed by atoms with Crippen LogP contribution in [0.5, 0.6) is 0 Å². The van der Waals surface area contributed by atoms with Gasteiger partial charge in [-0.2, -0.15) is 0 Å². The van der Waals surface area contributed by atoms with Crippen molar-refractivity contribution in [2.75, 3.05) is 6.54 Å². The molecule has 28 heavy (non-hydrogen) atoms. The van der Waals surface area contributed by atoms with Crippen LogP contribution in [0.4, 0.5) is 0 Å². The number of nitrogens with one attached hydrogen (secondary N) is 3. The van der Waals surface area contributed by atoms with E-state index in [0.29, 0.717) is 0 Å². The van der Waals surface area contributed by atoms with Gasteiger partial charge in [0.25, 0.3) is 0 Å². The van der Waals surface area contributed by atoms with E-state index in [1.54, 1.807) is 13.8 Å². The summed E-state index contributed by atoms with van der Waals surface area (Å²) in [5.74, 6) is -6.76. The molecule has 0 spiro atoms. The van der Waals surface area contributed by atoms with E-state index in [0.717, 1.165) is 0 Å². The third-order valence-electron chi connectivity index (χ3n) is 3.49. The summed E-state index contributed by atoms with van der Waals surface area (Å²) in [6, 6.07) is -4.03. The van der Waals surface area contributed by atoms with E-state index in [4.69, 9.17) is 21.7 Å². The van der Waals surface area contributed by atoms with E-state index in [2.05, 4.69) is 10.6 Å². The van der Waals surface area contributed by atoms with E-state index in [9.17, 15) is 28.8 Å². The summed E-state index contributed by atoms with van der Waals surface area (Å²) < 4.78 is 0. The fraction of sp³-hybridized carbons (Fsp3) is 0.600. The molecule has 0 radical (unpaired) electrons. The first-order valence-corrected chi connectivity index (χ1v) is 8.21. The van der Waals surface area contributed by atoms with Gasteiger partial charge in [-0.1, -0.05) is 13.8 Å². The Hall–Kier alpha value is -3.22. The highest BCUT2D eigenvalue weighted by Crippen LogP contribution is 2.00. The van der Waals surface area contributed by atoms with Gasteiger partial charge in [0.1, 0.15) is 12.1 Å². The average molecular weight is 403 g/mol. The van der Waals surface area contributed by atoms with E-state index < -0.39 is 73.1 Å². The molecule has 4 amide bonds. The maximum absolute atomic E-state index is 12.1. The maximum atomic E-state index is 12.1. The predicted octanol–water partition coefficient (Wildman–Crippen LogP) is -3.51. The van der Waals surface area contributed by atoms with E-state index >= 15 is 0 Å². The van der Waals surface area contributed by atoms with Crippen LogP contribution in [0, 0.1) is 5.92 Å². The smallest absolute Gasteiger partial charge is 0.326 e. The average Bonchev–Trinajstić information content (AvgIpc) is 2.56. The monoisotopic (exact) mass is 403 g/mol. The largest absolute Gasteiger partial charge is 0.481 e. The summed E-state index contributed by atoms with van der Waals surface area (Å²) >= 11 is 0. The summed E-state index contributed by atoms with van der Waals surface area (Å²) in [6.45, 7) is 2.63. The molecule has 13 nitrogen and oxygen atoms in total. The molecule has 0 aliphatic carbocycles. The maximum Gasteiger partial charge on any atom is 0.326 e. The lowest BCUT2D eigenvalue weighted by atomic mass is 10.0. The lowest BCUT2D eigenvalue weighted by Gasteiger charge is -2.21. The number of carboxylic acid groups (broad SMARTS) is 2. The molecule has 0 bridgehead atoms. The normalized spacial score (nSPS) is 13.7. The molecule has 0 unspecified atom stereocenters. The summed E-state index contributed by atoms with van der Waals surface area (Å²) in [4.78, 5) is 68.4. The van der Waals surface area contributed by atoms with Crippen molar-refractivity contribution in [2.24, 2.45) is 17.4 Å². The van der Waals surface area contributed by atoms with Crippen LogP contribution in [0.15, 0.2) is 0 Å². The molecular formula is C15H25N5O8. The molecule has 0 saturated heterocycles. The molecule has 0 aliphatic heterocycles. The number of amides is 4. The number of carbonyl (C=O) groups excluding carboxylic acids is 4. The van der Waals surface area contributed by atoms with Crippen molar-refractivity contribution in [1.82, 2.24) is 16.0 Å². The van der Waals surface area contributed by atoms with Crippen LogP contribution in [-0.2, 0) is 28.8 Å². The molecule has 0 heterocycles. The third-order valence-corrected chi connectivity index (χ3v) is 3.49. The fourth-order valence-corrected chi connectivity index (χ4v) is 1.89. The molecule has 0 aromatic heterocycles. The summed E-state index contributed by atoms with van der Waals surface area (Å²) in [5.41, 5.74) is 10.7. The first-order valence-electron chi connectivity index (χ1n) is 8.21. The zero-order chi connectivity index (χ0) is 22.0. The van der Waals surface area contributed by atoms with Gasteiger partial charge in [0.2, 0.25) is 23.6 Å². The number of carboxylic acids is 2. The van der Waals surface area contributed by atoms with Gasteiger partial charge >= 0.3 is 11.9 Å². The highest BCUT2D eigenvalue weighted by atomic mass is 16.4. The Morgan fingerprint density at radius 1 is 0.893 bits per heavy atom. The minimum atomic E-state index is -1.69. The van der Waals surface area contributed by atoms with Gasteiger partial charge in [-0.3, -0.25) is 24.0 Å². The van der Waals surface area contributed by atoms with Gasteiger partial charge in [-0.15, -0.1) is 0 Å². The molecule has 158 valence electrons. The molecule has 0 aliphatic rings. The van der Waals surface area contributed by atoms with Gasteiger partial charge in [0, 0.05) is 0 Å². The number of hydrogen-bond donors (Lipinski definition) is 7. The lowest BCUT2D eigenvalue weighted by Crippen LogP contribution is -2.55. The van der Waals surface area contributed by atoms with Crippen LogP contribution < -0.4 is 27.4 Å².